The molecule has 0 amide bonds. The molecule has 0 aliphatic heterocycles. The van der Waals surface area contributed by atoms with Crippen LogP contribution in [0.25, 0.3) is 0 Å². The minimum atomic E-state index is -1.76. The van der Waals surface area contributed by atoms with Crippen molar-refractivity contribution >= 4 is 17.9 Å². The number of hydrogen-bond acceptors (Lipinski definition) is 0. The summed E-state index contributed by atoms with van der Waals surface area (Å²) in [4.78, 5) is 0. The average Bonchev–Trinajstić information content (AvgIpc) is 2.47. The van der Waals surface area contributed by atoms with Gasteiger partial charge in [-0.1, -0.05) is 0 Å². The third kappa shape index (κ3) is 2.40. The van der Waals surface area contributed by atoms with Crippen LogP contribution < -0.4 is 10.6 Å². The van der Waals surface area contributed by atoms with Gasteiger partial charge in [0.05, 0.1) is 0 Å². The third-order valence-electron chi connectivity index (χ3n) is 3.57. The summed E-state index contributed by atoms with van der Waals surface area (Å²) in [5, 5.41) is 2.93. The molecule has 94 valence electrons. The van der Waals surface area contributed by atoms with Gasteiger partial charge in [-0.2, -0.15) is 0 Å². The zero-order chi connectivity index (χ0) is 12.8. The van der Waals surface area contributed by atoms with Crippen molar-refractivity contribution in [2.24, 2.45) is 0 Å². The van der Waals surface area contributed by atoms with Gasteiger partial charge in [0.15, 0.2) is 0 Å². The van der Waals surface area contributed by atoms with Crippen LogP contribution >= 0.6 is 7.26 Å². The Morgan fingerprint density at radius 3 is 1.67 bits per heavy atom. The maximum atomic E-state index is 4.17. The van der Waals surface area contributed by atoms with Crippen LogP contribution in [-0.4, -0.2) is 6.16 Å². The van der Waals surface area contributed by atoms with Gasteiger partial charge in [-0.3, -0.25) is 0 Å². The first-order valence-corrected chi connectivity index (χ1v) is 8.86. The van der Waals surface area contributed by atoms with E-state index in [9.17, 15) is 0 Å². The van der Waals surface area contributed by atoms with Gasteiger partial charge < -0.3 is 0 Å². The van der Waals surface area contributed by atoms with Crippen LogP contribution in [0.4, 0.5) is 0 Å². The molecule has 2 aromatic carbocycles. The van der Waals surface area contributed by atoms with Crippen molar-refractivity contribution in [2.75, 3.05) is 6.16 Å². The second-order valence-electron chi connectivity index (χ2n) is 4.66. The first-order chi connectivity index (χ1) is 8.83. The summed E-state index contributed by atoms with van der Waals surface area (Å²) >= 11 is 0. The molecule has 2 aromatic rings. The SMILES string of the molecule is C=C[PH](CCC)(c1ccccc1)c1ccccc1. The molecule has 18 heavy (non-hydrogen) atoms. The molecule has 0 fully saturated rings. The van der Waals surface area contributed by atoms with Crippen LogP contribution in [0.15, 0.2) is 73.1 Å². The summed E-state index contributed by atoms with van der Waals surface area (Å²) < 4.78 is 0. The molecule has 0 aliphatic rings. The van der Waals surface area contributed by atoms with E-state index < -0.39 is 7.26 Å². The van der Waals surface area contributed by atoms with Gasteiger partial charge in [-0.05, 0) is 0 Å². The van der Waals surface area contributed by atoms with E-state index in [1.807, 2.05) is 0 Å². The zero-order valence-corrected chi connectivity index (χ0v) is 12.0. The van der Waals surface area contributed by atoms with E-state index in [0.717, 1.165) is 0 Å². The van der Waals surface area contributed by atoms with Crippen molar-refractivity contribution in [1.29, 1.82) is 0 Å². The van der Waals surface area contributed by atoms with Crippen LogP contribution in [0.1, 0.15) is 13.3 Å². The number of hydrogen-bond donors (Lipinski definition) is 0. The van der Waals surface area contributed by atoms with Crippen molar-refractivity contribution < 1.29 is 0 Å². The third-order valence-corrected chi connectivity index (χ3v) is 8.28. The Labute approximate surface area is 111 Å². The summed E-state index contributed by atoms with van der Waals surface area (Å²) in [5.41, 5.74) is 0. The van der Waals surface area contributed by atoms with Gasteiger partial charge >= 0.3 is 110 Å². The molecule has 0 saturated carbocycles. The molecular weight excluding hydrogens is 235 g/mol. The van der Waals surface area contributed by atoms with Crippen LogP contribution in [0, 0.1) is 0 Å². The zero-order valence-electron chi connectivity index (χ0n) is 11.0. The molecule has 0 saturated heterocycles. The first kappa shape index (κ1) is 13.1. The maximum absolute atomic E-state index is 4.17. The molecule has 1 heteroatoms. The van der Waals surface area contributed by atoms with Crippen molar-refractivity contribution in [3.63, 3.8) is 0 Å². The second kappa shape index (κ2) is 5.98. The molecule has 0 aliphatic carbocycles. The molecular formula is C17H21P. The van der Waals surface area contributed by atoms with Gasteiger partial charge in [0.25, 0.3) is 0 Å². The Hall–Kier alpha value is -1.39. The molecule has 0 spiro atoms. The van der Waals surface area contributed by atoms with E-state index in [1.165, 1.54) is 23.2 Å². The summed E-state index contributed by atoms with van der Waals surface area (Å²) in [7, 11) is -1.76. The minimum absolute atomic E-state index is 1.20. The molecule has 0 aromatic heterocycles. The first-order valence-electron chi connectivity index (χ1n) is 6.58. The molecule has 0 heterocycles. The van der Waals surface area contributed by atoms with Crippen LogP contribution in [0.3, 0.4) is 0 Å². The monoisotopic (exact) mass is 256 g/mol. The normalized spacial score (nSPS) is 12.1. The van der Waals surface area contributed by atoms with Crippen LogP contribution in [0.2, 0.25) is 0 Å². The fourth-order valence-electron chi connectivity index (χ4n) is 2.66. The van der Waals surface area contributed by atoms with Crippen LogP contribution in [-0.2, 0) is 0 Å². The van der Waals surface area contributed by atoms with Gasteiger partial charge in [0, 0.05) is 0 Å². The van der Waals surface area contributed by atoms with Gasteiger partial charge in [-0.25, -0.2) is 0 Å². The van der Waals surface area contributed by atoms with Gasteiger partial charge in [-0.15, -0.1) is 0 Å². The second-order valence-corrected chi connectivity index (χ2v) is 8.66. The average molecular weight is 256 g/mol. The molecule has 0 unspecified atom stereocenters. The van der Waals surface area contributed by atoms with Crippen molar-refractivity contribution in [2.45, 2.75) is 13.3 Å². The summed E-state index contributed by atoms with van der Waals surface area (Å²) in [5.74, 6) is 2.24. The summed E-state index contributed by atoms with van der Waals surface area (Å²) in [6, 6.07) is 21.8. The number of benzene rings is 2. The fourth-order valence-corrected chi connectivity index (χ4v) is 6.61. The van der Waals surface area contributed by atoms with E-state index in [0.29, 0.717) is 0 Å². The predicted molar refractivity (Wildman–Crippen MR) is 85.8 cm³/mol. The molecule has 2 rings (SSSR count). The van der Waals surface area contributed by atoms with Gasteiger partial charge in [0.2, 0.25) is 0 Å². The Bertz CT molecular complexity index is 448. The Balaban J connectivity index is 2.57. The van der Waals surface area contributed by atoms with E-state index in [1.54, 1.807) is 0 Å². The number of rotatable bonds is 5. The molecule has 0 atom stereocenters. The quantitative estimate of drug-likeness (QED) is 0.711. The topological polar surface area (TPSA) is 0 Å². The van der Waals surface area contributed by atoms with Gasteiger partial charge in [0.1, 0.15) is 0 Å². The Morgan fingerprint density at radius 1 is 0.889 bits per heavy atom. The predicted octanol–water partition coefficient (Wildman–Crippen LogP) is 3.94. The van der Waals surface area contributed by atoms with Crippen molar-refractivity contribution in [3.05, 3.63) is 73.1 Å². The molecule has 0 N–H and O–H groups in total. The van der Waals surface area contributed by atoms with E-state index >= 15 is 0 Å². The summed E-state index contributed by atoms with van der Waals surface area (Å²) in [6.07, 6.45) is 2.42. The van der Waals surface area contributed by atoms with E-state index in [-0.39, 0.29) is 0 Å². The fraction of sp³-hybridized carbons (Fsp3) is 0.176. The van der Waals surface area contributed by atoms with E-state index in [2.05, 4.69) is 80.0 Å². The van der Waals surface area contributed by atoms with Crippen molar-refractivity contribution in [1.82, 2.24) is 0 Å². The summed E-state index contributed by atoms with van der Waals surface area (Å²) in [6.45, 7) is 6.43. The Morgan fingerprint density at radius 2 is 1.33 bits per heavy atom. The molecule has 0 radical (unpaired) electrons. The van der Waals surface area contributed by atoms with E-state index in [4.69, 9.17) is 0 Å². The standard InChI is InChI=1S/C17H21P/c1-3-15-18(4-2,16-11-7-5-8-12-16)17-13-9-6-10-14-17/h4-14,18H,2-3,15H2,1H3. The molecule has 0 nitrogen and oxygen atoms in total. The van der Waals surface area contributed by atoms with Crippen molar-refractivity contribution in [3.8, 4) is 0 Å². The van der Waals surface area contributed by atoms with Crippen LogP contribution in [0.5, 0.6) is 0 Å². The Kier molecular flexibility index (Phi) is 4.33. The molecule has 0 bridgehead atoms.